The summed E-state index contributed by atoms with van der Waals surface area (Å²) < 4.78 is 5.09. The molecular weight excluding hydrogens is 164 g/mol. The van der Waals surface area contributed by atoms with Crippen molar-refractivity contribution in [2.24, 2.45) is 4.99 Å². The molecule has 0 atom stereocenters. The molecule has 0 spiro atoms. The first kappa shape index (κ1) is 9.58. The fourth-order valence-corrected chi connectivity index (χ4v) is 1.06. The molecule has 0 aliphatic rings. The third-order valence-electron chi connectivity index (χ3n) is 1.78. The predicted octanol–water partition coefficient (Wildman–Crippen LogP) is 2.07. The zero-order chi connectivity index (χ0) is 9.68. The molecule has 1 N–H and O–H groups in total. The number of ether oxygens (including phenoxy) is 1. The molecule has 1 rings (SSSR count). The second-order valence-corrected chi connectivity index (χ2v) is 2.71. The largest absolute Gasteiger partial charge is 0.497 e. The van der Waals surface area contributed by atoms with Gasteiger partial charge >= 0.3 is 0 Å². The number of aliphatic imine (C=N–C) groups is 1. The van der Waals surface area contributed by atoms with Crippen molar-refractivity contribution in [3.8, 4) is 5.75 Å². The van der Waals surface area contributed by atoms with Crippen molar-refractivity contribution in [3.63, 3.8) is 0 Å². The highest BCUT2D eigenvalue weighted by Gasteiger charge is 1.97. The molecule has 0 unspecified atom stereocenters. The van der Waals surface area contributed by atoms with E-state index in [1.54, 1.807) is 20.5 Å². The van der Waals surface area contributed by atoms with Crippen LogP contribution in [-0.2, 0) is 0 Å². The molecule has 0 amide bonds. The molecule has 0 saturated carbocycles. The molecule has 1 aromatic rings. The molecule has 0 aliphatic carbocycles. The Morgan fingerprint density at radius 3 is 2.77 bits per heavy atom. The van der Waals surface area contributed by atoms with E-state index in [0.717, 1.165) is 17.0 Å². The number of hydrogen-bond acceptors (Lipinski definition) is 2. The van der Waals surface area contributed by atoms with Crippen molar-refractivity contribution >= 4 is 12.0 Å². The Bertz CT molecular complexity index is 308. The summed E-state index contributed by atoms with van der Waals surface area (Å²) in [4.78, 5) is 3.85. The number of aryl methyl sites for hydroxylation is 1. The molecule has 1 aromatic carbocycles. The molecule has 13 heavy (non-hydrogen) atoms. The summed E-state index contributed by atoms with van der Waals surface area (Å²) in [6, 6.07) is 5.86. The third-order valence-corrected chi connectivity index (χ3v) is 1.78. The van der Waals surface area contributed by atoms with E-state index in [9.17, 15) is 0 Å². The Morgan fingerprint density at radius 1 is 1.46 bits per heavy atom. The van der Waals surface area contributed by atoms with Crippen molar-refractivity contribution < 1.29 is 4.74 Å². The van der Waals surface area contributed by atoms with Crippen LogP contribution in [0, 0.1) is 6.92 Å². The molecule has 70 valence electrons. The van der Waals surface area contributed by atoms with Gasteiger partial charge in [-0.15, -0.1) is 0 Å². The molecule has 0 aliphatic heterocycles. The number of benzene rings is 1. The van der Waals surface area contributed by atoms with Gasteiger partial charge in [0, 0.05) is 12.7 Å². The maximum atomic E-state index is 5.09. The SMILES string of the molecule is CN=CNc1ccc(OC)cc1C. The summed E-state index contributed by atoms with van der Waals surface area (Å²) in [6.07, 6.45) is 1.66. The lowest BCUT2D eigenvalue weighted by Crippen LogP contribution is -1.97. The van der Waals surface area contributed by atoms with Crippen molar-refractivity contribution in [3.05, 3.63) is 23.8 Å². The number of nitrogens with zero attached hydrogens (tertiary/aromatic N) is 1. The van der Waals surface area contributed by atoms with E-state index in [2.05, 4.69) is 10.3 Å². The van der Waals surface area contributed by atoms with Gasteiger partial charge in [-0.1, -0.05) is 0 Å². The highest BCUT2D eigenvalue weighted by atomic mass is 16.5. The molecule has 0 radical (unpaired) electrons. The van der Waals surface area contributed by atoms with Gasteiger partial charge in [0.05, 0.1) is 13.4 Å². The van der Waals surface area contributed by atoms with Gasteiger partial charge in [0.1, 0.15) is 5.75 Å². The van der Waals surface area contributed by atoms with Crippen LogP contribution >= 0.6 is 0 Å². The van der Waals surface area contributed by atoms with Crippen molar-refractivity contribution in [1.82, 2.24) is 0 Å². The lowest BCUT2D eigenvalue weighted by atomic mass is 10.2. The molecule has 0 heterocycles. The van der Waals surface area contributed by atoms with Crippen LogP contribution in [0.5, 0.6) is 5.75 Å². The van der Waals surface area contributed by atoms with Crippen LogP contribution < -0.4 is 10.1 Å². The summed E-state index contributed by atoms with van der Waals surface area (Å²) in [5.41, 5.74) is 2.19. The van der Waals surface area contributed by atoms with Crippen molar-refractivity contribution in [1.29, 1.82) is 0 Å². The second kappa shape index (κ2) is 4.50. The van der Waals surface area contributed by atoms with Crippen LogP contribution in [0.4, 0.5) is 5.69 Å². The fourth-order valence-electron chi connectivity index (χ4n) is 1.06. The Morgan fingerprint density at radius 2 is 2.23 bits per heavy atom. The van der Waals surface area contributed by atoms with Gasteiger partial charge in [-0.2, -0.15) is 0 Å². The van der Waals surface area contributed by atoms with Gasteiger partial charge in [-0.25, -0.2) is 0 Å². The smallest absolute Gasteiger partial charge is 0.119 e. The zero-order valence-corrected chi connectivity index (χ0v) is 8.16. The minimum absolute atomic E-state index is 0.872. The lowest BCUT2D eigenvalue weighted by Gasteiger charge is -2.06. The minimum Gasteiger partial charge on any atom is -0.497 e. The number of hydrogen-bond donors (Lipinski definition) is 1. The van der Waals surface area contributed by atoms with Crippen LogP contribution in [0.25, 0.3) is 0 Å². The first-order valence-electron chi connectivity index (χ1n) is 4.09. The molecule has 3 nitrogen and oxygen atoms in total. The van der Waals surface area contributed by atoms with Crippen LogP contribution in [0.1, 0.15) is 5.56 Å². The third kappa shape index (κ3) is 2.47. The summed E-state index contributed by atoms with van der Waals surface area (Å²) in [6.45, 7) is 2.02. The standard InChI is InChI=1S/C10H14N2O/c1-8-6-9(13-3)4-5-10(8)12-7-11-2/h4-7H,1-3H3,(H,11,12). The summed E-state index contributed by atoms with van der Waals surface area (Å²) in [7, 11) is 3.39. The van der Waals surface area contributed by atoms with E-state index in [0.29, 0.717) is 0 Å². The first-order chi connectivity index (χ1) is 6.27. The number of rotatable bonds is 3. The minimum atomic E-state index is 0.872. The van der Waals surface area contributed by atoms with Gasteiger partial charge in [-0.05, 0) is 30.7 Å². The molecule has 0 fully saturated rings. The van der Waals surface area contributed by atoms with Crippen LogP contribution in [-0.4, -0.2) is 20.5 Å². The zero-order valence-electron chi connectivity index (χ0n) is 8.16. The average Bonchev–Trinajstić information content (AvgIpc) is 2.16. The molecule has 0 saturated heterocycles. The summed E-state index contributed by atoms with van der Waals surface area (Å²) in [5.74, 6) is 0.872. The lowest BCUT2D eigenvalue weighted by molar-refractivity contribution is 0.414. The molecule has 0 aromatic heterocycles. The highest BCUT2D eigenvalue weighted by molar-refractivity contribution is 5.77. The Balaban J connectivity index is 2.85. The van der Waals surface area contributed by atoms with Gasteiger partial charge in [0.25, 0.3) is 0 Å². The Kier molecular flexibility index (Phi) is 3.31. The Labute approximate surface area is 78.4 Å². The van der Waals surface area contributed by atoms with Crippen molar-refractivity contribution in [2.75, 3.05) is 19.5 Å². The average molecular weight is 178 g/mol. The second-order valence-electron chi connectivity index (χ2n) is 2.71. The van der Waals surface area contributed by atoms with E-state index in [1.165, 1.54) is 0 Å². The highest BCUT2D eigenvalue weighted by Crippen LogP contribution is 2.20. The quantitative estimate of drug-likeness (QED) is 0.568. The van der Waals surface area contributed by atoms with Crippen molar-refractivity contribution in [2.45, 2.75) is 6.92 Å². The van der Waals surface area contributed by atoms with E-state index in [-0.39, 0.29) is 0 Å². The van der Waals surface area contributed by atoms with Crippen LogP contribution in [0.3, 0.4) is 0 Å². The Hall–Kier alpha value is -1.51. The van der Waals surface area contributed by atoms with Gasteiger partial charge in [0.2, 0.25) is 0 Å². The first-order valence-corrected chi connectivity index (χ1v) is 4.09. The topological polar surface area (TPSA) is 33.6 Å². The molecule has 0 bridgehead atoms. The van der Waals surface area contributed by atoms with Crippen LogP contribution in [0.15, 0.2) is 23.2 Å². The summed E-state index contributed by atoms with van der Waals surface area (Å²) >= 11 is 0. The van der Waals surface area contributed by atoms with E-state index >= 15 is 0 Å². The molecule has 3 heteroatoms. The van der Waals surface area contributed by atoms with Gasteiger partial charge in [-0.3, -0.25) is 4.99 Å². The predicted molar refractivity (Wildman–Crippen MR) is 55.8 cm³/mol. The van der Waals surface area contributed by atoms with E-state index in [4.69, 9.17) is 4.74 Å². The van der Waals surface area contributed by atoms with Crippen LogP contribution in [0.2, 0.25) is 0 Å². The maximum Gasteiger partial charge on any atom is 0.119 e. The summed E-state index contributed by atoms with van der Waals surface area (Å²) in [5, 5.41) is 3.07. The van der Waals surface area contributed by atoms with E-state index in [1.807, 2.05) is 25.1 Å². The maximum absolute atomic E-state index is 5.09. The number of methoxy groups -OCH3 is 1. The number of nitrogens with one attached hydrogen (secondary N) is 1. The van der Waals surface area contributed by atoms with Gasteiger partial charge < -0.3 is 10.1 Å². The normalized spacial score (nSPS) is 10.4. The monoisotopic (exact) mass is 178 g/mol. The van der Waals surface area contributed by atoms with Gasteiger partial charge in [0.15, 0.2) is 0 Å². The fraction of sp³-hybridized carbons (Fsp3) is 0.300. The number of anilines is 1. The molecular formula is C10H14N2O. The van der Waals surface area contributed by atoms with E-state index < -0.39 is 0 Å².